The fraction of sp³-hybridized carbons (Fsp3) is 0.455. The standard InChI is InChI=1S/C22H28ClN3O2/c1-3-8-18-21(16-9-4-5-10-17(16)23)20(22(24)28)15(2)26(18)14-7-13-25-12-6-11-19(25)27/h4-5,9-10H,3,6-8,11-14H2,1-2H3,(H2,24,28). The van der Waals surface area contributed by atoms with Gasteiger partial charge in [-0.3, -0.25) is 9.59 Å². The fourth-order valence-electron chi connectivity index (χ4n) is 4.21. The highest BCUT2D eigenvalue weighted by molar-refractivity contribution is 6.33. The van der Waals surface area contributed by atoms with Gasteiger partial charge in [-0.15, -0.1) is 0 Å². The lowest BCUT2D eigenvalue weighted by Crippen LogP contribution is -2.26. The molecule has 0 radical (unpaired) electrons. The number of carbonyl (C=O) groups excluding carboxylic acids is 2. The summed E-state index contributed by atoms with van der Waals surface area (Å²) in [5, 5.41) is 0.613. The van der Waals surface area contributed by atoms with E-state index in [1.54, 1.807) is 0 Å². The van der Waals surface area contributed by atoms with Crippen molar-refractivity contribution in [3.8, 4) is 11.1 Å². The molecule has 0 spiro atoms. The summed E-state index contributed by atoms with van der Waals surface area (Å²) in [6, 6.07) is 7.58. The van der Waals surface area contributed by atoms with Gasteiger partial charge >= 0.3 is 0 Å². The second kappa shape index (κ2) is 8.82. The van der Waals surface area contributed by atoms with E-state index >= 15 is 0 Å². The molecule has 0 bridgehead atoms. The molecule has 1 saturated heterocycles. The van der Waals surface area contributed by atoms with Gasteiger partial charge in [-0.25, -0.2) is 0 Å². The van der Waals surface area contributed by atoms with E-state index in [1.807, 2.05) is 36.1 Å². The molecular weight excluding hydrogens is 374 g/mol. The van der Waals surface area contributed by atoms with E-state index in [4.69, 9.17) is 17.3 Å². The van der Waals surface area contributed by atoms with Crippen LogP contribution in [0.3, 0.4) is 0 Å². The minimum Gasteiger partial charge on any atom is -0.366 e. The molecule has 6 heteroatoms. The smallest absolute Gasteiger partial charge is 0.251 e. The van der Waals surface area contributed by atoms with Crippen molar-refractivity contribution in [1.82, 2.24) is 9.47 Å². The fourth-order valence-corrected chi connectivity index (χ4v) is 4.44. The van der Waals surface area contributed by atoms with Crippen LogP contribution < -0.4 is 5.73 Å². The lowest BCUT2D eigenvalue weighted by atomic mass is 9.98. The van der Waals surface area contributed by atoms with Crippen LogP contribution in [0.4, 0.5) is 0 Å². The number of nitrogens with two attached hydrogens (primary N) is 1. The Bertz CT molecular complexity index is 888. The highest BCUT2D eigenvalue weighted by Crippen LogP contribution is 2.37. The van der Waals surface area contributed by atoms with Crippen molar-refractivity contribution in [2.75, 3.05) is 13.1 Å². The van der Waals surface area contributed by atoms with E-state index in [-0.39, 0.29) is 5.91 Å². The Kier molecular flexibility index (Phi) is 6.45. The van der Waals surface area contributed by atoms with Gasteiger partial charge in [-0.05, 0) is 32.3 Å². The second-order valence-corrected chi connectivity index (χ2v) is 7.77. The number of halogens is 1. The molecule has 2 amide bonds. The van der Waals surface area contributed by atoms with Gasteiger partial charge in [0.15, 0.2) is 0 Å². The highest BCUT2D eigenvalue weighted by atomic mass is 35.5. The van der Waals surface area contributed by atoms with E-state index in [9.17, 15) is 9.59 Å². The summed E-state index contributed by atoms with van der Waals surface area (Å²) in [4.78, 5) is 26.1. The van der Waals surface area contributed by atoms with Gasteiger partial charge in [-0.2, -0.15) is 0 Å². The van der Waals surface area contributed by atoms with Crippen molar-refractivity contribution in [3.05, 3.63) is 46.2 Å². The SMILES string of the molecule is CCCc1c(-c2ccccc2Cl)c(C(N)=O)c(C)n1CCCN1CCCC1=O. The third-order valence-electron chi connectivity index (χ3n) is 5.49. The second-order valence-electron chi connectivity index (χ2n) is 7.37. The molecule has 0 saturated carbocycles. The van der Waals surface area contributed by atoms with Gasteiger partial charge in [0.05, 0.1) is 5.56 Å². The largest absolute Gasteiger partial charge is 0.366 e. The van der Waals surface area contributed by atoms with Gasteiger partial charge in [0.1, 0.15) is 0 Å². The summed E-state index contributed by atoms with van der Waals surface area (Å²) in [6.07, 6.45) is 4.23. The summed E-state index contributed by atoms with van der Waals surface area (Å²) in [7, 11) is 0. The molecule has 2 aromatic rings. The molecule has 2 N–H and O–H groups in total. The first-order chi connectivity index (χ1) is 13.5. The third kappa shape index (κ3) is 3.95. The van der Waals surface area contributed by atoms with Crippen LogP contribution in [-0.2, 0) is 17.8 Å². The molecule has 0 unspecified atom stereocenters. The van der Waals surface area contributed by atoms with Crippen LogP contribution in [0.5, 0.6) is 0 Å². The quantitative estimate of drug-likeness (QED) is 0.720. The topological polar surface area (TPSA) is 68.3 Å². The molecule has 1 aliphatic heterocycles. The van der Waals surface area contributed by atoms with Gasteiger partial charge in [0, 0.05) is 53.6 Å². The lowest BCUT2D eigenvalue weighted by Gasteiger charge is -2.17. The first-order valence-electron chi connectivity index (χ1n) is 10.00. The summed E-state index contributed by atoms with van der Waals surface area (Å²) in [5.41, 5.74) is 10.00. The van der Waals surface area contributed by atoms with E-state index in [2.05, 4.69) is 11.5 Å². The van der Waals surface area contributed by atoms with Crippen LogP contribution in [0.15, 0.2) is 24.3 Å². The number of rotatable bonds is 8. The Morgan fingerprint density at radius 2 is 2.00 bits per heavy atom. The minimum absolute atomic E-state index is 0.243. The predicted molar refractivity (Wildman–Crippen MR) is 113 cm³/mol. The maximum absolute atomic E-state index is 12.3. The molecule has 5 nitrogen and oxygen atoms in total. The number of primary amides is 1. The summed E-state index contributed by atoms with van der Waals surface area (Å²) in [6.45, 7) is 6.41. The third-order valence-corrected chi connectivity index (χ3v) is 5.82. The van der Waals surface area contributed by atoms with Crippen LogP contribution in [0.25, 0.3) is 11.1 Å². The summed E-state index contributed by atoms with van der Waals surface area (Å²) >= 11 is 6.47. The number of amides is 2. The predicted octanol–water partition coefficient (Wildman–Crippen LogP) is 4.18. The van der Waals surface area contributed by atoms with Gasteiger partial charge in [-0.1, -0.05) is 43.1 Å². The number of likely N-dealkylation sites (tertiary alicyclic amines) is 1. The van der Waals surface area contributed by atoms with Crippen molar-refractivity contribution in [3.63, 3.8) is 0 Å². The van der Waals surface area contributed by atoms with E-state index in [1.165, 1.54) is 0 Å². The Hall–Kier alpha value is -2.27. The zero-order valence-electron chi connectivity index (χ0n) is 16.6. The number of hydrogen-bond acceptors (Lipinski definition) is 2. The number of aromatic nitrogens is 1. The first-order valence-corrected chi connectivity index (χ1v) is 10.4. The van der Waals surface area contributed by atoms with Crippen molar-refractivity contribution in [2.45, 2.75) is 52.5 Å². The molecule has 3 rings (SSSR count). The van der Waals surface area contributed by atoms with Crippen molar-refractivity contribution in [2.24, 2.45) is 5.73 Å². The molecule has 0 atom stereocenters. The Balaban J connectivity index is 1.99. The van der Waals surface area contributed by atoms with Crippen molar-refractivity contribution < 1.29 is 9.59 Å². The van der Waals surface area contributed by atoms with E-state index in [0.717, 1.165) is 67.8 Å². The van der Waals surface area contributed by atoms with E-state index < -0.39 is 5.91 Å². The van der Waals surface area contributed by atoms with Gasteiger partial charge < -0.3 is 15.2 Å². The van der Waals surface area contributed by atoms with Gasteiger partial charge in [0.2, 0.25) is 5.91 Å². The molecule has 150 valence electrons. The summed E-state index contributed by atoms with van der Waals surface area (Å²) < 4.78 is 2.20. The van der Waals surface area contributed by atoms with Crippen LogP contribution in [0, 0.1) is 6.92 Å². The van der Waals surface area contributed by atoms with Crippen molar-refractivity contribution in [1.29, 1.82) is 0 Å². The van der Waals surface area contributed by atoms with Crippen LogP contribution in [0.1, 0.15) is 54.4 Å². The average Bonchev–Trinajstić information content (AvgIpc) is 3.18. The molecule has 28 heavy (non-hydrogen) atoms. The summed E-state index contributed by atoms with van der Waals surface area (Å²) in [5.74, 6) is -0.189. The number of carbonyl (C=O) groups is 2. The minimum atomic E-state index is -0.432. The zero-order valence-corrected chi connectivity index (χ0v) is 17.4. The molecule has 1 aromatic heterocycles. The Morgan fingerprint density at radius 3 is 2.61 bits per heavy atom. The normalized spacial score (nSPS) is 14.1. The van der Waals surface area contributed by atoms with Crippen LogP contribution in [-0.4, -0.2) is 34.4 Å². The maximum Gasteiger partial charge on any atom is 0.251 e. The van der Waals surface area contributed by atoms with Crippen molar-refractivity contribution >= 4 is 23.4 Å². The van der Waals surface area contributed by atoms with E-state index in [0.29, 0.717) is 17.0 Å². The van der Waals surface area contributed by atoms with Crippen LogP contribution in [0.2, 0.25) is 5.02 Å². The maximum atomic E-state index is 12.3. The average molecular weight is 402 g/mol. The zero-order chi connectivity index (χ0) is 20.3. The molecule has 2 heterocycles. The molecule has 1 fully saturated rings. The Morgan fingerprint density at radius 1 is 1.25 bits per heavy atom. The lowest BCUT2D eigenvalue weighted by molar-refractivity contribution is -0.127. The molecule has 1 aromatic carbocycles. The highest BCUT2D eigenvalue weighted by Gasteiger charge is 2.26. The number of hydrogen-bond donors (Lipinski definition) is 1. The molecular formula is C22H28ClN3O2. The monoisotopic (exact) mass is 401 g/mol. The number of benzene rings is 1. The first kappa shape index (κ1) is 20.5. The molecule has 0 aliphatic carbocycles. The molecule has 1 aliphatic rings. The Labute approximate surface area is 171 Å². The van der Waals surface area contributed by atoms with Gasteiger partial charge in [0.25, 0.3) is 5.91 Å². The van der Waals surface area contributed by atoms with Crippen LogP contribution >= 0.6 is 11.6 Å². The number of nitrogens with zero attached hydrogens (tertiary/aromatic N) is 2.